The third-order valence-corrected chi connectivity index (χ3v) is 4.50. The summed E-state index contributed by atoms with van der Waals surface area (Å²) < 4.78 is 1.27. The second-order valence-corrected chi connectivity index (χ2v) is 6.40. The van der Waals surface area contributed by atoms with Crippen molar-refractivity contribution >= 4 is 16.7 Å². The van der Waals surface area contributed by atoms with Gasteiger partial charge in [0.15, 0.2) is 5.69 Å². The van der Waals surface area contributed by atoms with Crippen LogP contribution in [0.1, 0.15) is 29.1 Å². The van der Waals surface area contributed by atoms with Gasteiger partial charge < -0.3 is 5.32 Å². The van der Waals surface area contributed by atoms with Crippen molar-refractivity contribution in [2.45, 2.75) is 13.0 Å². The Labute approximate surface area is 161 Å². The maximum Gasteiger partial charge on any atom is 0.279 e. The zero-order valence-electron chi connectivity index (χ0n) is 15.2. The van der Waals surface area contributed by atoms with Gasteiger partial charge in [0.25, 0.3) is 11.5 Å². The van der Waals surface area contributed by atoms with Gasteiger partial charge in [0, 0.05) is 11.6 Å². The normalized spacial score (nSPS) is 11.9. The first-order valence-electron chi connectivity index (χ1n) is 8.94. The van der Waals surface area contributed by atoms with Crippen molar-refractivity contribution in [1.29, 1.82) is 0 Å². The number of pyridine rings is 1. The van der Waals surface area contributed by atoms with Crippen LogP contribution in [0.3, 0.4) is 0 Å². The highest BCUT2D eigenvalue weighted by molar-refractivity contribution is 6.05. The molecule has 1 N–H and O–H groups in total. The molecule has 0 spiro atoms. The summed E-state index contributed by atoms with van der Waals surface area (Å²) in [7, 11) is 0. The van der Waals surface area contributed by atoms with Gasteiger partial charge in [-0.15, -0.1) is 0 Å². The van der Waals surface area contributed by atoms with Crippen LogP contribution in [0.2, 0.25) is 0 Å². The highest BCUT2D eigenvalue weighted by Gasteiger charge is 2.19. The molecule has 0 saturated carbocycles. The molecule has 1 atom stereocenters. The van der Waals surface area contributed by atoms with Crippen LogP contribution in [0, 0.1) is 0 Å². The number of hydrogen-bond donors (Lipinski definition) is 1. The lowest BCUT2D eigenvalue weighted by molar-refractivity contribution is 0.0934. The fraction of sp³-hybridized carbons (Fsp3) is 0.0909. The summed E-state index contributed by atoms with van der Waals surface area (Å²) in [6, 6.07) is 21.3. The minimum Gasteiger partial charge on any atom is -0.343 e. The smallest absolute Gasteiger partial charge is 0.279 e. The number of amides is 1. The van der Waals surface area contributed by atoms with Crippen LogP contribution < -0.4 is 10.9 Å². The molecule has 0 aliphatic rings. The van der Waals surface area contributed by atoms with Crippen LogP contribution in [-0.2, 0) is 0 Å². The molecular weight excluding hydrogens is 352 g/mol. The lowest BCUT2D eigenvalue weighted by Gasteiger charge is -2.15. The van der Waals surface area contributed by atoms with E-state index in [9.17, 15) is 9.59 Å². The van der Waals surface area contributed by atoms with E-state index in [1.807, 2.05) is 43.3 Å². The number of carbonyl (C=O) groups excluding carboxylic acids is 1. The summed E-state index contributed by atoms with van der Waals surface area (Å²) in [6.45, 7) is 1.86. The standard InChI is InChI=1S/C22H18N4O2/c1-15(19-13-7-8-14-23-19)24-21(27)20-17-11-5-6-12-18(17)22(28)26(25-20)16-9-3-2-4-10-16/h2-15H,1H3,(H,24,27). The van der Waals surface area contributed by atoms with Gasteiger partial charge in [0.1, 0.15) is 0 Å². The van der Waals surface area contributed by atoms with Gasteiger partial charge in [-0.25, -0.2) is 0 Å². The van der Waals surface area contributed by atoms with Crippen molar-refractivity contribution in [2.75, 3.05) is 0 Å². The third kappa shape index (κ3) is 3.27. The Balaban J connectivity index is 1.81. The van der Waals surface area contributed by atoms with Crippen molar-refractivity contribution in [3.8, 4) is 5.69 Å². The van der Waals surface area contributed by atoms with Gasteiger partial charge in [-0.1, -0.05) is 42.5 Å². The molecule has 0 fully saturated rings. The Morgan fingerprint density at radius 3 is 2.32 bits per heavy atom. The number of fused-ring (bicyclic) bond motifs is 1. The minimum absolute atomic E-state index is 0.196. The summed E-state index contributed by atoms with van der Waals surface area (Å²) in [6.07, 6.45) is 1.68. The largest absolute Gasteiger partial charge is 0.343 e. The molecule has 138 valence electrons. The van der Waals surface area contributed by atoms with Crippen molar-refractivity contribution in [1.82, 2.24) is 20.1 Å². The fourth-order valence-electron chi connectivity index (χ4n) is 3.07. The van der Waals surface area contributed by atoms with Gasteiger partial charge in [-0.3, -0.25) is 14.6 Å². The molecule has 0 bridgehead atoms. The Morgan fingerprint density at radius 2 is 1.61 bits per heavy atom. The zero-order chi connectivity index (χ0) is 19.5. The summed E-state index contributed by atoms with van der Waals surface area (Å²) in [5, 5.41) is 8.27. The summed E-state index contributed by atoms with van der Waals surface area (Å²) in [4.78, 5) is 30.2. The van der Waals surface area contributed by atoms with E-state index < -0.39 is 0 Å². The monoisotopic (exact) mass is 370 g/mol. The van der Waals surface area contributed by atoms with Crippen molar-refractivity contribution in [3.63, 3.8) is 0 Å². The van der Waals surface area contributed by atoms with E-state index in [1.165, 1.54) is 4.68 Å². The highest BCUT2D eigenvalue weighted by Crippen LogP contribution is 2.17. The molecule has 0 radical (unpaired) electrons. The molecule has 0 aliphatic heterocycles. The van der Waals surface area contributed by atoms with Gasteiger partial charge in [0.2, 0.25) is 0 Å². The topological polar surface area (TPSA) is 76.9 Å². The predicted molar refractivity (Wildman–Crippen MR) is 107 cm³/mol. The number of para-hydroxylation sites is 1. The van der Waals surface area contributed by atoms with Gasteiger partial charge in [0.05, 0.1) is 22.8 Å². The molecular formula is C22H18N4O2. The molecule has 4 rings (SSSR count). The van der Waals surface area contributed by atoms with Crippen molar-refractivity contribution < 1.29 is 4.79 Å². The number of aromatic nitrogens is 3. The number of carbonyl (C=O) groups is 1. The van der Waals surface area contributed by atoms with Crippen LogP contribution in [-0.4, -0.2) is 20.7 Å². The first kappa shape index (κ1) is 17.6. The Bertz CT molecular complexity index is 1190. The quantitative estimate of drug-likeness (QED) is 0.598. The summed E-state index contributed by atoms with van der Waals surface area (Å²) in [5.74, 6) is -0.362. The molecule has 28 heavy (non-hydrogen) atoms. The molecule has 1 unspecified atom stereocenters. The lowest BCUT2D eigenvalue weighted by Crippen LogP contribution is -2.31. The number of rotatable bonds is 4. The third-order valence-electron chi connectivity index (χ3n) is 4.50. The van der Waals surface area contributed by atoms with E-state index in [0.717, 1.165) is 5.69 Å². The second-order valence-electron chi connectivity index (χ2n) is 6.40. The van der Waals surface area contributed by atoms with Crippen LogP contribution in [0.15, 0.2) is 83.8 Å². The zero-order valence-corrected chi connectivity index (χ0v) is 15.2. The van der Waals surface area contributed by atoms with Crippen LogP contribution in [0.4, 0.5) is 0 Å². The average molecular weight is 370 g/mol. The van der Waals surface area contributed by atoms with E-state index in [-0.39, 0.29) is 23.2 Å². The predicted octanol–water partition coefficient (Wildman–Crippen LogP) is 3.27. The molecule has 2 heterocycles. The highest BCUT2D eigenvalue weighted by atomic mass is 16.2. The molecule has 4 aromatic rings. The molecule has 2 aromatic heterocycles. The number of hydrogen-bond acceptors (Lipinski definition) is 4. The van der Waals surface area contributed by atoms with Gasteiger partial charge in [-0.2, -0.15) is 9.78 Å². The average Bonchev–Trinajstić information content (AvgIpc) is 2.75. The molecule has 6 nitrogen and oxygen atoms in total. The lowest BCUT2D eigenvalue weighted by atomic mass is 10.1. The Morgan fingerprint density at radius 1 is 0.929 bits per heavy atom. The molecule has 0 saturated heterocycles. The SMILES string of the molecule is CC(NC(=O)c1nn(-c2ccccc2)c(=O)c2ccccc12)c1ccccn1. The van der Waals surface area contributed by atoms with E-state index in [4.69, 9.17) is 0 Å². The first-order valence-corrected chi connectivity index (χ1v) is 8.94. The summed E-state index contributed by atoms with van der Waals surface area (Å²) in [5.41, 5.74) is 1.28. The first-order chi connectivity index (χ1) is 13.6. The maximum atomic E-state index is 13.0. The number of benzene rings is 2. The fourth-order valence-corrected chi connectivity index (χ4v) is 3.07. The van der Waals surface area contributed by atoms with Crippen molar-refractivity contribution in [2.24, 2.45) is 0 Å². The Hall–Kier alpha value is -3.80. The van der Waals surface area contributed by atoms with Gasteiger partial charge in [-0.05, 0) is 37.3 Å². The van der Waals surface area contributed by atoms with E-state index in [2.05, 4.69) is 15.4 Å². The van der Waals surface area contributed by atoms with Crippen LogP contribution >= 0.6 is 0 Å². The summed E-state index contributed by atoms with van der Waals surface area (Å²) >= 11 is 0. The van der Waals surface area contributed by atoms with Crippen molar-refractivity contribution in [3.05, 3.63) is 101 Å². The Kier molecular flexibility index (Phi) is 4.68. The van der Waals surface area contributed by atoms with Crippen LogP contribution in [0.5, 0.6) is 0 Å². The number of nitrogens with one attached hydrogen (secondary N) is 1. The van der Waals surface area contributed by atoms with Crippen LogP contribution in [0.25, 0.3) is 16.5 Å². The number of nitrogens with zero attached hydrogens (tertiary/aromatic N) is 3. The second kappa shape index (κ2) is 7.44. The molecule has 2 aromatic carbocycles. The van der Waals surface area contributed by atoms with E-state index in [1.54, 1.807) is 42.6 Å². The maximum absolute atomic E-state index is 13.0. The van der Waals surface area contributed by atoms with Gasteiger partial charge >= 0.3 is 0 Å². The molecule has 1 amide bonds. The molecule has 0 aliphatic carbocycles. The van der Waals surface area contributed by atoms with E-state index >= 15 is 0 Å². The molecule has 6 heteroatoms. The van der Waals surface area contributed by atoms with E-state index in [0.29, 0.717) is 16.5 Å². The minimum atomic E-state index is -0.362.